The first kappa shape index (κ1) is 14.9. The van der Waals surface area contributed by atoms with Gasteiger partial charge in [0, 0.05) is 18.8 Å². The van der Waals surface area contributed by atoms with Crippen molar-refractivity contribution < 1.29 is 9.63 Å². The summed E-state index contributed by atoms with van der Waals surface area (Å²) >= 11 is 0. The van der Waals surface area contributed by atoms with E-state index < -0.39 is 5.41 Å². The molecule has 1 atom stereocenters. The van der Waals surface area contributed by atoms with Crippen LogP contribution in [0.15, 0.2) is 24.3 Å². The molecule has 1 heterocycles. The van der Waals surface area contributed by atoms with E-state index in [1.165, 1.54) is 5.56 Å². The minimum atomic E-state index is -0.464. The molecule has 0 radical (unpaired) electrons. The van der Waals surface area contributed by atoms with Gasteiger partial charge in [-0.3, -0.25) is 0 Å². The number of hydrogen-bond donors (Lipinski definition) is 1. The van der Waals surface area contributed by atoms with Gasteiger partial charge in [-0.1, -0.05) is 12.1 Å². The minimum absolute atomic E-state index is 0.171. The lowest BCUT2D eigenvalue weighted by Gasteiger charge is -2.33. The summed E-state index contributed by atoms with van der Waals surface area (Å²) in [5.41, 5.74) is 7.29. The zero-order valence-corrected chi connectivity index (χ0v) is 12.6. The van der Waals surface area contributed by atoms with E-state index in [4.69, 9.17) is 10.6 Å². The summed E-state index contributed by atoms with van der Waals surface area (Å²) in [5, 5.41) is 1.80. The van der Waals surface area contributed by atoms with Crippen LogP contribution >= 0.6 is 0 Å². The number of piperidine rings is 1. The molecule has 1 aromatic rings. The number of benzene rings is 1. The Labute approximate surface area is 120 Å². The Balaban J connectivity index is 1.98. The summed E-state index contributed by atoms with van der Waals surface area (Å²) in [7, 11) is 0. The number of nitrogens with two attached hydrogens (primary N) is 1. The predicted octanol–water partition coefficient (Wildman–Crippen LogP) is 2.95. The summed E-state index contributed by atoms with van der Waals surface area (Å²) in [6.07, 6.45) is 2.15. The molecule has 1 unspecified atom stereocenters. The molecule has 0 aliphatic carbocycles. The van der Waals surface area contributed by atoms with E-state index in [1.54, 1.807) is 5.06 Å². The molecular formula is C16H24N2O2. The Kier molecular flexibility index (Phi) is 4.33. The molecule has 2 rings (SSSR count). The summed E-state index contributed by atoms with van der Waals surface area (Å²) in [6.45, 7) is 7.18. The molecule has 1 aliphatic heterocycles. The number of carbonyl (C=O) groups is 1. The van der Waals surface area contributed by atoms with E-state index in [1.807, 2.05) is 32.9 Å². The van der Waals surface area contributed by atoms with Gasteiger partial charge in [-0.05, 0) is 57.2 Å². The molecule has 1 fully saturated rings. The van der Waals surface area contributed by atoms with E-state index in [0.717, 1.165) is 31.6 Å². The summed E-state index contributed by atoms with van der Waals surface area (Å²) in [4.78, 5) is 17.4. The highest BCUT2D eigenvalue weighted by Crippen LogP contribution is 2.28. The Morgan fingerprint density at radius 2 is 1.95 bits per heavy atom. The second kappa shape index (κ2) is 5.83. The number of carbonyl (C=O) groups excluding carboxylic acids is 1. The molecule has 110 valence electrons. The topological polar surface area (TPSA) is 55.6 Å². The van der Waals surface area contributed by atoms with Crippen LogP contribution in [-0.2, 0) is 9.63 Å². The molecule has 0 saturated carbocycles. The Morgan fingerprint density at radius 3 is 2.55 bits per heavy atom. The monoisotopic (exact) mass is 276 g/mol. The van der Waals surface area contributed by atoms with Gasteiger partial charge in [0.05, 0.1) is 5.41 Å². The SMILES string of the molecule is CC(C)(C)C(=O)ON1CCCC(c2ccc(N)cc2)C1. The Morgan fingerprint density at radius 1 is 1.30 bits per heavy atom. The van der Waals surface area contributed by atoms with E-state index in [2.05, 4.69) is 12.1 Å². The summed E-state index contributed by atoms with van der Waals surface area (Å²) in [5.74, 6) is 0.229. The number of anilines is 1. The van der Waals surface area contributed by atoms with Crippen molar-refractivity contribution in [2.75, 3.05) is 18.8 Å². The highest BCUT2D eigenvalue weighted by atomic mass is 16.7. The lowest BCUT2D eigenvalue weighted by atomic mass is 9.91. The fourth-order valence-corrected chi connectivity index (χ4v) is 2.32. The zero-order valence-electron chi connectivity index (χ0n) is 12.6. The van der Waals surface area contributed by atoms with Crippen LogP contribution in [0.3, 0.4) is 0 Å². The smallest absolute Gasteiger partial charge is 0.330 e. The van der Waals surface area contributed by atoms with Crippen molar-refractivity contribution in [3.63, 3.8) is 0 Å². The largest absolute Gasteiger partial charge is 0.399 e. The second-order valence-electron chi connectivity index (χ2n) is 6.52. The van der Waals surface area contributed by atoms with Gasteiger partial charge in [-0.15, -0.1) is 5.06 Å². The number of nitrogen functional groups attached to an aromatic ring is 1. The van der Waals surface area contributed by atoms with E-state index in [-0.39, 0.29) is 5.97 Å². The van der Waals surface area contributed by atoms with Crippen LogP contribution in [0.4, 0.5) is 5.69 Å². The first-order valence-electron chi connectivity index (χ1n) is 7.19. The predicted molar refractivity (Wildman–Crippen MR) is 79.9 cm³/mol. The molecule has 1 aromatic carbocycles. The van der Waals surface area contributed by atoms with Crippen LogP contribution in [0.1, 0.15) is 45.1 Å². The van der Waals surface area contributed by atoms with Gasteiger partial charge in [0.25, 0.3) is 0 Å². The van der Waals surface area contributed by atoms with E-state index in [9.17, 15) is 4.79 Å². The van der Waals surface area contributed by atoms with Crippen LogP contribution in [-0.4, -0.2) is 24.1 Å². The van der Waals surface area contributed by atoms with Gasteiger partial charge in [-0.2, -0.15) is 0 Å². The van der Waals surface area contributed by atoms with Crippen LogP contribution in [0.2, 0.25) is 0 Å². The van der Waals surface area contributed by atoms with E-state index in [0.29, 0.717) is 5.92 Å². The molecule has 0 spiro atoms. The first-order valence-corrected chi connectivity index (χ1v) is 7.19. The first-order chi connectivity index (χ1) is 9.36. The van der Waals surface area contributed by atoms with Crippen LogP contribution in [0.25, 0.3) is 0 Å². The number of hydroxylamine groups is 2. The molecule has 4 nitrogen and oxygen atoms in total. The van der Waals surface area contributed by atoms with Gasteiger partial charge < -0.3 is 10.6 Å². The Hall–Kier alpha value is -1.55. The zero-order chi connectivity index (χ0) is 14.8. The minimum Gasteiger partial charge on any atom is -0.399 e. The van der Waals surface area contributed by atoms with Crippen molar-refractivity contribution >= 4 is 11.7 Å². The average Bonchev–Trinajstić information content (AvgIpc) is 2.39. The highest BCUT2D eigenvalue weighted by Gasteiger charge is 2.29. The van der Waals surface area contributed by atoms with Crippen molar-refractivity contribution in [1.29, 1.82) is 0 Å². The van der Waals surface area contributed by atoms with Gasteiger partial charge >= 0.3 is 5.97 Å². The molecule has 1 saturated heterocycles. The molecular weight excluding hydrogens is 252 g/mol. The third kappa shape index (κ3) is 3.73. The van der Waals surface area contributed by atoms with Gasteiger partial charge in [-0.25, -0.2) is 4.79 Å². The van der Waals surface area contributed by atoms with Gasteiger partial charge in [0.2, 0.25) is 0 Å². The van der Waals surface area contributed by atoms with Crippen molar-refractivity contribution in [3.05, 3.63) is 29.8 Å². The van der Waals surface area contributed by atoms with Crippen molar-refractivity contribution in [2.45, 2.75) is 39.5 Å². The van der Waals surface area contributed by atoms with Gasteiger partial charge in [0.1, 0.15) is 0 Å². The van der Waals surface area contributed by atoms with Crippen molar-refractivity contribution in [2.24, 2.45) is 5.41 Å². The standard InChI is InChI=1S/C16H24N2O2/c1-16(2,3)15(19)20-18-10-4-5-13(11-18)12-6-8-14(17)9-7-12/h6-9,13H,4-5,10-11,17H2,1-3H3. The molecule has 1 aliphatic rings. The molecule has 0 amide bonds. The van der Waals surface area contributed by atoms with Crippen LogP contribution in [0, 0.1) is 5.41 Å². The maximum absolute atomic E-state index is 11.9. The normalized spacial score (nSPS) is 20.6. The fourth-order valence-electron chi connectivity index (χ4n) is 2.32. The third-order valence-electron chi connectivity index (χ3n) is 3.62. The number of hydrogen-bond acceptors (Lipinski definition) is 4. The summed E-state index contributed by atoms with van der Waals surface area (Å²) < 4.78 is 0. The Bertz CT molecular complexity index is 462. The lowest BCUT2D eigenvalue weighted by molar-refractivity contribution is -0.205. The molecule has 2 N–H and O–H groups in total. The van der Waals surface area contributed by atoms with Crippen LogP contribution in [0.5, 0.6) is 0 Å². The van der Waals surface area contributed by atoms with Crippen molar-refractivity contribution in [3.8, 4) is 0 Å². The lowest BCUT2D eigenvalue weighted by Crippen LogP contribution is -2.39. The van der Waals surface area contributed by atoms with E-state index >= 15 is 0 Å². The summed E-state index contributed by atoms with van der Waals surface area (Å²) in [6, 6.07) is 7.98. The molecule has 0 aromatic heterocycles. The number of nitrogens with zero attached hydrogens (tertiary/aromatic N) is 1. The van der Waals surface area contributed by atoms with Crippen molar-refractivity contribution in [1.82, 2.24) is 5.06 Å². The quantitative estimate of drug-likeness (QED) is 0.844. The average molecular weight is 276 g/mol. The van der Waals surface area contributed by atoms with Gasteiger partial charge in [0.15, 0.2) is 0 Å². The maximum atomic E-state index is 11.9. The maximum Gasteiger partial charge on any atom is 0.330 e. The fraction of sp³-hybridized carbons (Fsp3) is 0.562. The molecule has 20 heavy (non-hydrogen) atoms. The van der Waals surface area contributed by atoms with Crippen LogP contribution < -0.4 is 5.73 Å². The number of rotatable bonds is 2. The third-order valence-corrected chi connectivity index (χ3v) is 3.62. The molecule has 4 heteroatoms. The molecule has 0 bridgehead atoms. The highest BCUT2D eigenvalue weighted by molar-refractivity contribution is 5.75. The second-order valence-corrected chi connectivity index (χ2v) is 6.52.